The van der Waals surface area contributed by atoms with Crippen molar-refractivity contribution in [2.75, 3.05) is 0 Å². The average Bonchev–Trinajstić information content (AvgIpc) is 2.09. The van der Waals surface area contributed by atoms with Gasteiger partial charge in [0.1, 0.15) is 5.82 Å². The molecule has 1 aromatic rings. The van der Waals surface area contributed by atoms with E-state index in [0.717, 1.165) is 6.07 Å². The third-order valence-electron chi connectivity index (χ3n) is 1.23. The summed E-state index contributed by atoms with van der Waals surface area (Å²) in [7, 11) is 0. The first kappa shape index (κ1) is 10.4. The summed E-state index contributed by atoms with van der Waals surface area (Å²) >= 11 is 5.58. The predicted octanol–water partition coefficient (Wildman–Crippen LogP) is 4.43. The van der Waals surface area contributed by atoms with E-state index in [4.69, 9.17) is 5.53 Å². The number of azide groups is 1. The minimum absolute atomic E-state index is 0.0336. The van der Waals surface area contributed by atoms with Gasteiger partial charge < -0.3 is 0 Å². The van der Waals surface area contributed by atoms with Crippen molar-refractivity contribution in [1.82, 2.24) is 0 Å². The van der Waals surface area contributed by atoms with Crippen molar-refractivity contribution >= 4 is 37.5 Å². The molecule has 3 nitrogen and oxygen atoms in total. The molecule has 0 aliphatic heterocycles. The van der Waals surface area contributed by atoms with Gasteiger partial charge in [0.25, 0.3) is 0 Å². The molecule has 0 fully saturated rings. The summed E-state index contributed by atoms with van der Waals surface area (Å²) in [6.07, 6.45) is 0. The minimum Gasteiger partial charge on any atom is -0.206 e. The van der Waals surface area contributed by atoms with Crippen LogP contribution in [-0.2, 0) is 0 Å². The average molecular weight is 313 g/mol. The Kier molecular flexibility index (Phi) is 3.24. The molecule has 13 heavy (non-hydrogen) atoms. The first-order valence-electron chi connectivity index (χ1n) is 2.96. The Labute approximate surface area is 88.6 Å². The van der Waals surface area contributed by atoms with Gasteiger partial charge in [-0.1, -0.05) is 5.11 Å². The molecule has 1 aromatic carbocycles. The number of halogens is 4. The lowest BCUT2D eigenvalue weighted by molar-refractivity contribution is 0.590. The fourth-order valence-electron chi connectivity index (χ4n) is 0.693. The standard InChI is InChI=1S/C6HBr2F2N3/c7-2-1-3(9)6(12-13-11)4(8)5(2)10/h1H. The van der Waals surface area contributed by atoms with Gasteiger partial charge in [0.2, 0.25) is 0 Å². The number of hydrogen-bond donors (Lipinski definition) is 0. The highest BCUT2D eigenvalue weighted by Gasteiger charge is 2.13. The van der Waals surface area contributed by atoms with E-state index in [1.54, 1.807) is 0 Å². The number of benzene rings is 1. The molecule has 0 atom stereocenters. The molecule has 0 saturated heterocycles. The summed E-state index contributed by atoms with van der Waals surface area (Å²) in [6.45, 7) is 0. The Morgan fingerprint density at radius 2 is 2.00 bits per heavy atom. The van der Waals surface area contributed by atoms with Crippen molar-refractivity contribution in [3.63, 3.8) is 0 Å². The Hall–Kier alpha value is -0.650. The Morgan fingerprint density at radius 3 is 2.54 bits per heavy atom. The van der Waals surface area contributed by atoms with Crippen LogP contribution in [0.2, 0.25) is 0 Å². The fourth-order valence-corrected chi connectivity index (χ4v) is 1.84. The summed E-state index contributed by atoms with van der Waals surface area (Å²) in [5, 5.41) is 3.01. The molecule has 0 amide bonds. The second-order valence-electron chi connectivity index (χ2n) is 2.01. The maximum absolute atomic E-state index is 13.1. The maximum atomic E-state index is 13.1. The summed E-state index contributed by atoms with van der Waals surface area (Å²) in [4.78, 5) is 2.37. The van der Waals surface area contributed by atoms with Crippen molar-refractivity contribution in [2.45, 2.75) is 0 Å². The minimum atomic E-state index is -0.794. The SMILES string of the molecule is [N-]=[N+]=Nc1c(F)cc(Br)c(F)c1Br. The zero-order chi connectivity index (χ0) is 10.0. The van der Waals surface area contributed by atoms with Crippen LogP contribution >= 0.6 is 31.9 Å². The van der Waals surface area contributed by atoms with E-state index >= 15 is 0 Å². The lowest BCUT2D eigenvalue weighted by atomic mass is 10.3. The normalized spacial score (nSPS) is 9.54. The molecular weight excluding hydrogens is 312 g/mol. The molecule has 0 aliphatic rings. The van der Waals surface area contributed by atoms with Crippen LogP contribution in [0.25, 0.3) is 10.4 Å². The molecule has 0 saturated carbocycles. The zero-order valence-corrected chi connectivity index (χ0v) is 9.10. The first-order chi connectivity index (χ1) is 6.07. The van der Waals surface area contributed by atoms with Crippen LogP contribution in [0.15, 0.2) is 20.1 Å². The van der Waals surface area contributed by atoms with Gasteiger partial charge in [-0.25, -0.2) is 8.78 Å². The Bertz CT molecular complexity index is 401. The van der Waals surface area contributed by atoms with Crippen molar-refractivity contribution in [3.8, 4) is 0 Å². The van der Waals surface area contributed by atoms with E-state index in [0.29, 0.717) is 0 Å². The van der Waals surface area contributed by atoms with Gasteiger partial charge in [-0.3, -0.25) is 0 Å². The zero-order valence-electron chi connectivity index (χ0n) is 5.93. The van der Waals surface area contributed by atoms with E-state index < -0.39 is 11.6 Å². The maximum Gasteiger partial charge on any atom is 0.152 e. The van der Waals surface area contributed by atoms with Gasteiger partial charge >= 0.3 is 0 Å². The van der Waals surface area contributed by atoms with Crippen molar-refractivity contribution in [1.29, 1.82) is 0 Å². The van der Waals surface area contributed by atoms with Crippen LogP contribution in [0.1, 0.15) is 0 Å². The largest absolute Gasteiger partial charge is 0.206 e. The number of hydrogen-bond acceptors (Lipinski definition) is 1. The van der Waals surface area contributed by atoms with Crippen LogP contribution in [0.5, 0.6) is 0 Å². The van der Waals surface area contributed by atoms with Crippen LogP contribution < -0.4 is 0 Å². The molecule has 0 unspecified atom stereocenters. The quantitative estimate of drug-likeness (QED) is 0.242. The summed E-state index contributed by atoms with van der Waals surface area (Å²) < 4.78 is 25.8. The first-order valence-corrected chi connectivity index (χ1v) is 4.54. The van der Waals surface area contributed by atoms with Crippen molar-refractivity contribution < 1.29 is 8.78 Å². The molecule has 0 radical (unpaired) electrons. The third-order valence-corrected chi connectivity index (χ3v) is 2.54. The highest BCUT2D eigenvalue weighted by atomic mass is 79.9. The van der Waals surface area contributed by atoms with Crippen LogP contribution in [0.3, 0.4) is 0 Å². The van der Waals surface area contributed by atoms with Crippen molar-refractivity contribution in [2.24, 2.45) is 5.11 Å². The lowest BCUT2D eigenvalue weighted by Gasteiger charge is -2.02. The molecule has 0 spiro atoms. The third kappa shape index (κ3) is 1.99. The summed E-state index contributed by atoms with van der Waals surface area (Å²) in [5.74, 6) is -1.50. The van der Waals surface area contributed by atoms with Gasteiger partial charge in [-0.05, 0) is 43.5 Å². The molecule has 1 rings (SSSR count). The highest BCUT2D eigenvalue weighted by molar-refractivity contribution is 9.11. The molecule has 68 valence electrons. The van der Waals surface area contributed by atoms with Gasteiger partial charge in [0, 0.05) is 4.91 Å². The van der Waals surface area contributed by atoms with E-state index in [1.807, 2.05) is 0 Å². The second-order valence-corrected chi connectivity index (χ2v) is 3.65. The van der Waals surface area contributed by atoms with E-state index in [-0.39, 0.29) is 14.6 Å². The van der Waals surface area contributed by atoms with E-state index in [9.17, 15) is 8.78 Å². The Balaban J connectivity index is 3.52. The molecule has 0 heterocycles. The van der Waals surface area contributed by atoms with Crippen LogP contribution in [-0.4, -0.2) is 0 Å². The topological polar surface area (TPSA) is 48.8 Å². The van der Waals surface area contributed by atoms with E-state index in [1.165, 1.54) is 0 Å². The smallest absolute Gasteiger partial charge is 0.152 e. The Morgan fingerprint density at radius 1 is 1.38 bits per heavy atom. The van der Waals surface area contributed by atoms with Crippen molar-refractivity contribution in [3.05, 3.63) is 37.1 Å². The van der Waals surface area contributed by atoms with Gasteiger partial charge in [0.15, 0.2) is 5.82 Å². The van der Waals surface area contributed by atoms with Crippen LogP contribution in [0.4, 0.5) is 14.5 Å². The highest BCUT2D eigenvalue weighted by Crippen LogP contribution is 2.35. The molecule has 0 bridgehead atoms. The van der Waals surface area contributed by atoms with Gasteiger partial charge in [-0.15, -0.1) is 0 Å². The molecule has 0 aliphatic carbocycles. The van der Waals surface area contributed by atoms with Gasteiger partial charge in [-0.2, -0.15) is 0 Å². The predicted molar refractivity (Wildman–Crippen MR) is 50.6 cm³/mol. The second kappa shape index (κ2) is 4.04. The van der Waals surface area contributed by atoms with Crippen LogP contribution in [0, 0.1) is 11.6 Å². The number of nitrogens with zero attached hydrogens (tertiary/aromatic N) is 3. The van der Waals surface area contributed by atoms with E-state index in [2.05, 4.69) is 41.9 Å². The lowest BCUT2D eigenvalue weighted by Crippen LogP contribution is -1.85. The molecule has 0 N–H and O–H groups in total. The fraction of sp³-hybridized carbons (Fsp3) is 0. The number of rotatable bonds is 1. The molecule has 7 heteroatoms. The monoisotopic (exact) mass is 311 g/mol. The molecule has 0 aromatic heterocycles. The summed E-state index contributed by atoms with van der Waals surface area (Å²) in [5.41, 5.74) is 7.68. The summed E-state index contributed by atoms with van der Waals surface area (Å²) in [6, 6.07) is 0.893. The van der Waals surface area contributed by atoms with Gasteiger partial charge in [0.05, 0.1) is 14.6 Å². The molecular formula is C6HBr2F2N3.